The first-order chi connectivity index (χ1) is 28.2. The van der Waals surface area contributed by atoms with Crippen LogP contribution >= 0.6 is 0 Å². The van der Waals surface area contributed by atoms with Crippen LogP contribution in [0.4, 0.5) is 11.5 Å². The minimum absolute atomic E-state index is 0.138. The number of phenols is 1. The van der Waals surface area contributed by atoms with Gasteiger partial charge in [0.1, 0.15) is 29.6 Å². The number of piperidine rings is 2. The van der Waals surface area contributed by atoms with Crippen LogP contribution in [-0.4, -0.2) is 89.6 Å². The Kier molecular flexibility index (Phi) is 13.5. The number of nitrogens with one attached hydrogen (secondary N) is 1. The maximum absolute atomic E-state index is 11.4. The molecule has 1 saturated carbocycles. The van der Waals surface area contributed by atoms with Crippen molar-refractivity contribution in [3.05, 3.63) is 108 Å². The molecule has 1 atom stereocenters. The standard InChI is InChI=1S/C25H32N6O2.C10H12O.C6H6.C5H7NO2/c26-23(32)20-4-5-21-24(28-20)33-17-19-16-29(11-12-31(19)21)15-18-13-25(14-18)6-9-30(10-7-25)22-3-1-2-8-27-22;11-10-6-5-8-3-1-2-4-9(8)7-10;1-2-4-6-5-3-1;7-4-2-1-3-5(8)6-4/h1-5,8,18-19H,6-7,9-17H2,(H2,26,32);5-7,11H,1-4H2;1-6H;1-3H2,(H,6,7,8). The van der Waals surface area contributed by atoms with Crippen molar-refractivity contribution in [2.45, 2.75) is 76.7 Å². The Hall–Kier alpha value is -5.49. The number of carbonyl (C=O) groups excluding carboxylic acids is 3. The summed E-state index contributed by atoms with van der Waals surface area (Å²) in [5.41, 5.74) is 9.94. The van der Waals surface area contributed by atoms with E-state index >= 15 is 0 Å². The summed E-state index contributed by atoms with van der Waals surface area (Å²) in [6, 6.07) is 27.9. The molecule has 12 nitrogen and oxygen atoms in total. The predicted molar refractivity (Wildman–Crippen MR) is 225 cm³/mol. The number of nitrogens with two attached hydrogens (primary N) is 1. The number of amides is 3. The summed E-state index contributed by atoms with van der Waals surface area (Å²) in [4.78, 5) is 48.4. The van der Waals surface area contributed by atoms with Gasteiger partial charge in [-0.3, -0.25) is 24.6 Å². The van der Waals surface area contributed by atoms with Gasteiger partial charge in [0.25, 0.3) is 5.91 Å². The fourth-order valence-corrected chi connectivity index (χ4v) is 9.23. The minimum atomic E-state index is -0.519. The number of aromatic hydroxyl groups is 1. The SMILES string of the molecule is NC(=O)c1ccc2c(n1)OCC1CN(CC3CC4(CCN(c5ccccn5)CC4)C3)CCN21.O=C1CCCC(=O)N1.Oc1ccc2c(c1)CCCC2.c1ccccc1. The third-order valence-corrected chi connectivity index (χ3v) is 12.2. The molecule has 58 heavy (non-hydrogen) atoms. The molecule has 1 unspecified atom stereocenters. The number of primary amides is 1. The molecule has 6 heterocycles. The Bertz CT molecular complexity index is 1940. The van der Waals surface area contributed by atoms with Crippen molar-refractivity contribution in [1.82, 2.24) is 20.2 Å². The number of nitrogens with zero attached hydrogens (tertiary/aromatic N) is 5. The van der Waals surface area contributed by atoms with E-state index in [0.29, 0.717) is 49.0 Å². The van der Waals surface area contributed by atoms with Crippen LogP contribution in [0.5, 0.6) is 11.6 Å². The van der Waals surface area contributed by atoms with Crippen molar-refractivity contribution >= 4 is 29.2 Å². The second-order valence-corrected chi connectivity index (χ2v) is 16.4. The molecule has 4 fully saturated rings. The highest BCUT2D eigenvalue weighted by Gasteiger charge is 2.46. The summed E-state index contributed by atoms with van der Waals surface area (Å²) in [7, 11) is 0. The number of hydrogen-bond donors (Lipinski definition) is 3. The largest absolute Gasteiger partial charge is 0.508 e. The van der Waals surface area contributed by atoms with Crippen LogP contribution in [0, 0.1) is 11.3 Å². The molecule has 306 valence electrons. The highest BCUT2D eigenvalue weighted by Crippen LogP contribution is 2.53. The third kappa shape index (κ3) is 10.7. The van der Waals surface area contributed by atoms with E-state index in [1.807, 2.05) is 66.9 Å². The molecule has 4 N–H and O–H groups in total. The molecular weight excluding hydrogens is 731 g/mol. The maximum atomic E-state index is 11.4. The molecule has 0 bridgehead atoms. The first kappa shape index (κ1) is 40.7. The number of piperazine rings is 1. The van der Waals surface area contributed by atoms with Gasteiger partial charge in [-0.1, -0.05) is 48.5 Å². The average Bonchev–Trinajstić information content (AvgIpc) is 3.24. The summed E-state index contributed by atoms with van der Waals surface area (Å²) in [6.07, 6.45) is 13.8. The molecule has 4 aromatic rings. The normalized spacial score (nSPS) is 20.7. The van der Waals surface area contributed by atoms with Gasteiger partial charge < -0.3 is 25.4 Å². The van der Waals surface area contributed by atoms with E-state index in [-0.39, 0.29) is 17.5 Å². The van der Waals surface area contributed by atoms with Crippen molar-refractivity contribution < 1.29 is 24.2 Å². The van der Waals surface area contributed by atoms with Crippen LogP contribution in [0.25, 0.3) is 0 Å². The lowest BCUT2D eigenvalue weighted by Crippen LogP contribution is -2.59. The molecule has 2 aliphatic carbocycles. The Labute approximate surface area is 341 Å². The molecular formula is C46H57N7O5. The van der Waals surface area contributed by atoms with Crippen LogP contribution in [0.15, 0.2) is 91.1 Å². The number of phenolic OH excluding ortho intramolecular Hbond substituents is 1. The molecule has 3 saturated heterocycles. The average molecular weight is 788 g/mol. The topological polar surface area (TPSA) is 154 Å². The number of hydrogen-bond acceptors (Lipinski definition) is 10. The molecule has 1 spiro atoms. The number of anilines is 2. The van der Waals surface area contributed by atoms with Gasteiger partial charge >= 0.3 is 0 Å². The molecule has 2 aromatic carbocycles. The van der Waals surface area contributed by atoms with Crippen molar-refractivity contribution in [2.24, 2.45) is 17.1 Å². The molecule has 0 radical (unpaired) electrons. The first-order valence-corrected chi connectivity index (χ1v) is 21.0. The van der Waals surface area contributed by atoms with Crippen LogP contribution in [0.1, 0.15) is 79.4 Å². The minimum Gasteiger partial charge on any atom is -0.508 e. The number of pyridine rings is 2. The quantitative estimate of drug-likeness (QED) is 0.212. The van der Waals surface area contributed by atoms with Crippen LogP contribution in [-0.2, 0) is 22.4 Å². The van der Waals surface area contributed by atoms with Gasteiger partial charge in [0.05, 0.1) is 6.04 Å². The van der Waals surface area contributed by atoms with Crippen LogP contribution in [0.3, 0.4) is 0 Å². The predicted octanol–water partition coefficient (Wildman–Crippen LogP) is 5.93. The second-order valence-electron chi connectivity index (χ2n) is 16.4. The van der Waals surface area contributed by atoms with E-state index in [2.05, 4.69) is 42.1 Å². The van der Waals surface area contributed by atoms with Gasteiger partial charge in [-0.05, 0) is 117 Å². The maximum Gasteiger partial charge on any atom is 0.267 e. The summed E-state index contributed by atoms with van der Waals surface area (Å²) < 4.78 is 5.92. The number of aryl methyl sites for hydroxylation is 2. The second kappa shape index (κ2) is 19.3. The summed E-state index contributed by atoms with van der Waals surface area (Å²) in [5, 5.41) is 11.4. The Morgan fingerprint density at radius 3 is 2.17 bits per heavy atom. The van der Waals surface area contributed by atoms with E-state index < -0.39 is 5.91 Å². The number of benzene rings is 2. The lowest BCUT2D eigenvalue weighted by atomic mass is 9.57. The van der Waals surface area contributed by atoms with Gasteiger partial charge in [-0.15, -0.1) is 0 Å². The van der Waals surface area contributed by atoms with E-state index in [0.717, 1.165) is 56.6 Å². The number of ether oxygens (including phenoxy) is 1. The van der Waals surface area contributed by atoms with E-state index in [1.165, 1.54) is 62.6 Å². The van der Waals surface area contributed by atoms with Crippen LogP contribution in [0.2, 0.25) is 0 Å². The van der Waals surface area contributed by atoms with Gasteiger partial charge in [-0.2, -0.15) is 0 Å². The molecule has 4 aliphatic heterocycles. The zero-order chi connectivity index (χ0) is 40.3. The zero-order valence-corrected chi connectivity index (χ0v) is 33.4. The number of aromatic nitrogens is 2. The number of rotatable bonds is 4. The lowest BCUT2D eigenvalue weighted by Gasteiger charge is -2.54. The van der Waals surface area contributed by atoms with Crippen LogP contribution < -0.4 is 25.6 Å². The van der Waals surface area contributed by atoms with Crippen molar-refractivity contribution in [3.63, 3.8) is 0 Å². The van der Waals surface area contributed by atoms with Gasteiger partial charge in [0.15, 0.2) is 0 Å². The van der Waals surface area contributed by atoms with E-state index in [9.17, 15) is 19.5 Å². The fraction of sp³-hybridized carbons (Fsp3) is 0.457. The molecule has 10 rings (SSSR count). The summed E-state index contributed by atoms with van der Waals surface area (Å²) in [5.74, 6) is 2.09. The molecule has 3 amide bonds. The zero-order valence-electron chi connectivity index (χ0n) is 33.4. The van der Waals surface area contributed by atoms with Crippen molar-refractivity contribution in [3.8, 4) is 11.6 Å². The number of imide groups is 1. The van der Waals surface area contributed by atoms with Crippen molar-refractivity contribution in [1.29, 1.82) is 0 Å². The molecule has 12 heteroatoms. The van der Waals surface area contributed by atoms with E-state index in [1.54, 1.807) is 12.1 Å². The van der Waals surface area contributed by atoms with E-state index in [4.69, 9.17) is 10.5 Å². The monoisotopic (exact) mass is 787 g/mol. The summed E-state index contributed by atoms with van der Waals surface area (Å²) >= 11 is 0. The fourth-order valence-electron chi connectivity index (χ4n) is 9.23. The van der Waals surface area contributed by atoms with Gasteiger partial charge in [-0.25, -0.2) is 9.97 Å². The van der Waals surface area contributed by atoms with Gasteiger partial charge in [0, 0.05) is 58.3 Å². The number of carbonyl (C=O) groups is 3. The lowest BCUT2D eigenvalue weighted by molar-refractivity contribution is -0.132. The summed E-state index contributed by atoms with van der Waals surface area (Å²) in [6.45, 7) is 7.12. The van der Waals surface area contributed by atoms with Gasteiger partial charge in [0.2, 0.25) is 17.7 Å². The number of fused-ring (bicyclic) bond motifs is 4. The Balaban J connectivity index is 0.000000164. The molecule has 6 aliphatic rings. The smallest absolute Gasteiger partial charge is 0.267 e. The first-order valence-electron chi connectivity index (χ1n) is 21.0. The Morgan fingerprint density at radius 2 is 1.53 bits per heavy atom. The Morgan fingerprint density at radius 1 is 0.828 bits per heavy atom. The third-order valence-electron chi connectivity index (χ3n) is 12.2. The highest BCUT2D eigenvalue weighted by molar-refractivity contribution is 5.97. The highest BCUT2D eigenvalue weighted by atomic mass is 16.5. The van der Waals surface area contributed by atoms with Crippen molar-refractivity contribution in [2.75, 3.05) is 55.7 Å². The molecule has 2 aromatic heterocycles.